The highest BCUT2D eigenvalue weighted by molar-refractivity contribution is 7.89. The van der Waals surface area contributed by atoms with Gasteiger partial charge in [0.25, 0.3) is 0 Å². The van der Waals surface area contributed by atoms with Crippen LogP contribution in [0.25, 0.3) is 0 Å². The largest absolute Gasteiger partial charge is 0.240 e. The van der Waals surface area contributed by atoms with Crippen LogP contribution >= 0.6 is 23.2 Å². The smallest absolute Gasteiger partial charge is 0.211 e. The number of nitriles is 1. The summed E-state index contributed by atoms with van der Waals surface area (Å²) in [7, 11) is -3.60. The van der Waals surface area contributed by atoms with E-state index in [2.05, 4.69) is 4.72 Å². The molecule has 1 N–H and O–H groups in total. The Morgan fingerprint density at radius 1 is 1.09 bits per heavy atom. The van der Waals surface area contributed by atoms with Crippen molar-refractivity contribution in [1.82, 2.24) is 4.72 Å². The fourth-order valence-corrected chi connectivity index (χ4v) is 3.37. The van der Waals surface area contributed by atoms with Gasteiger partial charge in [0.2, 0.25) is 10.0 Å². The Hall–Kier alpha value is -1.58. The fourth-order valence-electron chi connectivity index (χ4n) is 1.84. The van der Waals surface area contributed by atoms with Crippen molar-refractivity contribution in [2.24, 2.45) is 0 Å². The normalized spacial score (nSPS) is 11.1. The molecule has 0 aromatic heterocycles. The summed E-state index contributed by atoms with van der Waals surface area (Å²) in [6.07, 6.45) is 0.450. The molecule has 2 rings (SSSR count). The van der Waals surface area contributed by atoms with Gasteiger partial charge in [-0.25, -0.2) is 13.1 Å². The van der Waals surface area contributed by atoms with E-state index in [9.17, 15) is 8.42 Å². The predicted molar refractivity (Wildman–Crippen MR) is 86.5 cm³/mol. The molecule has 0 bridgehead atoms. The van der Waals surface area contributed by atoms with E-state index in [-0.39, 0.29) is 11.4 Å². The quantitative estimate of drug-likeness (QED) is 0.894. The average Bonchev–Trinajstić information content (AvgIpc) is 2.49. The zero-order valence-corrected chi connectivity index (χ0v) is 13.7. The average molecular weight is 355 g/mol. The van der Waals surface area contributed by atoms with Crippen LogP contribution in [0.15, 0.2) is 47.4 Å². The molecule has 0 saturated heterocycles. The lowest BCUT2D eigenvalue weighted by Crippen LogP contribution is -2.26. The number of hydrogen-bond acceptors (Lipinski definition) is 3. The SMILES string of the molecule is N#Cc1ccc(S(=O)(=O)NCCc2ccc(Cl)cc2Cl)cc1. The molecular weight excluding hydrogens is 343 g/mol. The maximum atomic E-state index is 12.1. The van der Waals surface area contributed by atoms with Crippen LogP contribution in [-0.4, -0.2) is 15.0 Å². The zero-order chi connectivity index (χ0) is 16.2. The summed E-state index contributed by atoms with van der Waals surface area (Å²) in [5, 5.41) is 9.75. The molecule has 0 heterocycles. The maximum Gasteiger partial charge on any atom is 0.240 e. The van der Waals surface area contributed by atoms with Gasteiger partial charge in [-0.15, -0.1) is 0 Å². The molecule has 0 atom stereocenters. The topological polar surface area (TPSA) is 70.0 Å². The first kappa shape index (κ1) is 16.8. The monoisotopic (exact) mass is 354 g/mol. The minimum atomic E-state index is -3.60. The van der Waals surface area contributed by atoms with Gasteiger partial charge in [-0.05, 0) is 48.4 Å². The van der Waals surface area contributed by atoms with E-state index >= 15 is 0 Å². The van der Waals surface area contributed by atoms with Crippen LogP contribution in [0.5, 0.6) is 0 Å². The van der Waals surface area contributed by atoms with Gasteiger partial charge in [0.1, 0.15) is 0 Å². The summed E-state index contributed by atoms with van der Waals surface area (Å²) in [6, 6.07) is 12.8. The molecule has 2 aromatic carbocycles. The molecule has 0 spiro atoms. The summed E-state index contributed by atoms with van der Waals surface area (Å²) in [6.45, 7) is 0.212. The van der Waals surface area contributed by atoms with Crippen molar-refractivity contribution >= 4 is 33.2 Å². The van der Waals surface area contributed by atoms with E-state index in [1.807, 2.05) is 6.07 Å². The van der Waals surface area contributed by atoms with E-state index < -0.39 is 10.0 Å². The second-order valence-corrected chi connectivity index (χ2v) is 7.13. The van der Waals surface area contributed by atoms with Gasteiger partial charge in [0, 0.05) is 16.6 Å². The second-order valence-electron chi connectivity index (χ2n) is 4.52. The molecule has 0 saturated carbocycles. The molecule has 0 unspecified atom stereocenters. The van der Waals surface area contributed by atoms with Gasteiger partial charge in [-0.1, -0.05) is 29.3 Å². The molecule has 4 nitrogen and oxygen atoms in total. The number of nitrogens with zero attached hydrogens (tertiary/aromatic N) is 1. The van der Waals surface area contributed by atoms with Crippen LogP contribution in [0.4, 0.5) is 0 Å². The first-order valence-electron chi connectivity index (χ1n) is 6.36. The lowest BCUT2D eigenvalue weighted by atomic mass is 10.1. The summed E-state index contributed by atoms with van der Waals surface area (Å²) >= 11 is 11.8. The Labute approximate surface area is 139 Å². The predicted octanol–water partition coefficient (Wildman–Crippen LogP) is 3.39. The van der Waals surface area contributed by atoms with Gasteiger partial charge < -0.3 is 0 Å². The summed E-state index contributed by atoms with van der Waals surface area (Å²) < 4.78 is 26.7. The fraction of sp³-hybridized carbons (Fsp3) is 0.133. The van der Waals surface area contributed by atoms with E-state index in [4.69, 9.17) is 28.5 Å². The van der Waals surface area contributed by atoms with Crippen molar-refractivity contribution in [3.63, 3.8) is 0 Å². The van der Waals surface area contributed by atoms with E-state index in [1.165, 1.54) is 24.3 Å². The van der Waals surface area contributed by atoms with E-state index in [0.29, 0.717) is 22.0 Å². The zero-order valence-electron chi connectivity index (χ0n) is 11.4. The summed E-state index contributed by atoms with van der Waals surface area (Å²) in [4.78, 5) is 0.119. The van der Waals surface area contributed by atoms with Crippen LogP contribution in [0.1, 0.15) is 11.1 Å². The molecule has 2 aromatic rings. The maximum absolute atomic E-state index is 12.1. The third kappa shape index (κ3) is 4.21. The van der Waals surface area contributed by atoms with Crippen LogP contribution < -0.4 is 4.72 Å². The Balaban J connectivity index is 2.02. The molecule has 22 heavy (non-hydrogen) atoms. The number of hydrogen-bond donors (Lipinski definition) is 1. The number of benzene rings is 2. The van der Waals surface area contributed by atoms with Crippen molar-refractivity contribution in [3.8, 4) is 6.07 Å². The molecular formula is C15H12Cl2N2O2S. The molecule has 0 aliphatic rings. The van der Waals surface area contributed by atoms with Crippen molar-refractivity contribution in [1.29, 1.82) is 5.26 Å². The molecule has 0 amide bonds. The standard InChI is InChI=1S/C15H12Cl2N2O2S/c16-13-4-3-12(15(17)9-13)7-8-19-22(20,21)14-5-1-11(10-18)2-6-14/h1-6,9,19H,7-8H2. The molecule has 7 heteroatoms. The van der Waals surface area contributed by atoms with Gasteiger partial charge in [-0.2, -0.15) is 5.26 Å². The highest BCUT2D eigenvalue weighted by atomic mass is 35.5. The van der Waals surface area contributed by atoms with Crippen LogP contribution in [0.3, 0.4) is 0 Å². The Kier molecular flexibility index (Phi) is 5.43. The van der Waals surface area contributed by atoms with Crippen LogP contribution in [-0.2, 0) is 16.4 Å². The van der Waals surface area contributed by atoms with E-state index in [1.54, 1.807) is 18.2 Å². The third-order valence-electron chi connectivity index (χ3n) is 3.00. The molecule has 0 aliphatic heterocycles. The number of sulfonamides is 1. The first-order chi connectivity index (χ1) is 10.4. The first-order valence-corrected chi connectivity index (χ1v) is 8.60. The van der Waals surface area contributed by atoms with Gasteiger partial charge in [0.15, 0.2) is 0 Å². The Morgan fingerprint density at radius 2 is 1.77 bits per heavy atom. The van der Waals surface area contributed by atoms with Crippen molar-refractivity contribution in [3.05, 3.63) is 63.6 Å². The minimum Gasteiger partial charge on any atom is -0.211 e. The highest BCUT2D eigenvalue weighted by Crippen LogP contribution is 2.21. The third-order valence-corrected chi connectivity index (χ3v) is 5.06. The molecule has 114 valence electrons. The molecule has 0 radical (unpaired) electrons. The van der Waals surface area contributed by atoms with Gasteiger partial charge in [-0.3, -0.25) is 0 Å². The Morgan fingerprint density at radius 3 is 2.36 bits per heavy atom. The van der Waals surface area contributed by atoms with Crippen molar-refractivity contribution in [2.75, 3.05) is 6.54 Å². The Bertz CT molecular complexity index is 812. The lowest BCUT2D eigenvalue weighted by Gasteiger charge is -2.08. The number of halogens is 2. The van der Waals surface area contributed by atoms with E-state index in [0.717, 1.165) is 5.56 Å². The summed E-state index contributed by atoms with van der Waals surface area (Å²) in [5.41, 5.74) is 1.22. The van der Waals surface area contributed by atoms with Crippen molar-refractivity contribution < 1.29 is 8.42 Å². The highest BCUT2D eigenvalue weighted by Gasteiger charge is 2.13. The van der Waals surface area contributed by atoms with Crippen molar-refractivity contribution in [2.45, 2.75) is 11.3 Å². The molecule has 0 fully saturated rings. The number of nitrogens with one attached hydrogen (secondary N) is 1. The summed E-state index contributed by atoms with van der Waals surface area (Å²) in [5.74, 6) is 0. The second kappa shape index (κ2) is 7.12. The van der Waals surface area contributed by atoms with Gasteiger partial charge >= 0.3 is 0 Å². The minimum absolute atomic E-state index is 0.119. The van der Waals surface area contributed by atoms with Gasteiger partial charge in [0.05, 0.1) is 16.5 Å². The number of rotatable bonds is 5. The van der Waals surface area contributed by atoms with Crippen LogP contribution in [0, 0.1) is 11.3 Å². The lowest BCUT2D eigenvalue weighted by molar-refractivity contribution is 0.581. The molecule has 0 aliphatic carbocycles. The van der Waals surface area contributed by atoms with Crippen LogP contribution in [0.2, 0.25) is 10.0 Å².